The SMILES string of the molecule is CC(=O)N1CC2(CCN(C(=O)c3cccn3C)CC2)C[C@H]1C(=O)O. The van der Waals surface area contributed by atoms with Gasteiger partial charge < -0.3 is 19.5 Å². The third-order valence-corrected chi connectivity index (χ3v) is 5.47. The Kier molecular flexibility index (Phi) is 4.11. The van der Waals surface area contributed by atoms with E-state index in [0.717, 1.165) is 12.8 Å². The zero-order chi connectivity index (χ0) is 17.5. The van der Waals surface area contributed by atoms with Crippen molar-refractivity contribution in [2.75, 3.05) is 19.6 Å². The lowest BCUT2D eigenvalue weighted by molar-refractivity contribution is -0.147. The van der Waals surface area contributed by atoms with E-state index in [2.05, 4.69) is 0 Å². The molecule has 0 radical (unpaired) electrons. The fraction of sp³-hybridized carbons (Fsp3) is 0.588. The molecule has 1 aromatic heterocycles. The van der Waals surface area contributed by atoms with Gasteiger partial charge in [-0.15, -0.1) is 0 Å². The fourth-order valence-electron chi connectivity index (χ4n) is 4.00. The summed E-state index contributed by atoms with van der Waals surface area (Å²) in [7, 11) is 1.85. The predicted molar refractivity (Wildman–Crippen MR) is 86.4 cm³/mol. The van der Waals surface area contributed by atoms with Crippen molar-refractivity contribution in [3.05, 3.63) is 24.0 Å². The van der Waals surface area contributed by atoms with E-state index in [1.807, 2.05) is 24.2 Å². The highest BCUT2D eigenvalue weighted by Gasteiger charge is 2.49. The Hall–Kier alpha value is -2.31. The minimum absolute atomic E-state index is 0.00792. The minimum Gasteiger partial charge on any atom is -0.480 e. The summed E-state index contributed by atoms with van der Waals surface area (Å²) in [4.78, 5) is 39.1. The zero-order valence-electron chi connectivity index (χ0n) is 14.1. The van der Waals surface area contributed by atoms with Crippen molar-refractivity contribution in [3.63, 3.8) is 0 Å². The Morgan fingerprint density at radius 2 is 1.92 bits per heavy atom. The Morgan fingerprint density at radius 3 is 2.38 bits per heavy atom. The van der Waals surface area contributed by atoms with Gasteiger partial charge in [0.2, 0.25) is 5.91 Å². The van der Waals surface area contributed by atoms with Crippen LogP contribution in [0.15, 0.2) is 18.3 Å². The molecule has 1 aromatic rings. The average molecular weight is 333 g/mol. The molecule has 1 N–H and O–H groups in total. The minimum atomic E-state index is -0.940. The van der Waals surface area contributed by atoms with Crippen LogP contribution in [0.5, 0.6) is 0 Å². The molecule has 0 aliphatic carbocycles. The van der Waals surface area contributed by atoms with Crippen molar-refractivity contribution in [2.45, 2.75) is 32.2 Å². The van der Waals surface area contributed by atoms with Crippen LogP contribution in [0.25, 0.3) is 0 Å². The average Bonchev–Trinajstić information content (AvgIpc) is 3.12. The van der Waals surface area contributed by atoms with Crippen LogP contribution in [0, 0.1) is 5.41 Å². The second-order valence-corrected chi connectivity index (χ2v) is 7.00. The van der Waals surface area contributed by atoms with Gasteiger partial charge in [-0.05, 0) is 36.8 Å². The maximum absolute atomic E-state index is 12.6. The quantitative estimate of drug-likeness (QED) is 0.874. The number of likely N-dealkylation sites (tertiary alicyclic amines) is 2. The molecular formula is C17H23N3O4. The van der Waals surface area contributed by atoms with Gasteiger partial charge in [-0.1, -0.05) is 0 Å². The highest BCUT2D eigenvalue weighted by molar-refractivity contribution is 5.92. The van der Waals surface area contributed by atoms with Crippen LogP contribution in [-0.2, 0) is 16.6 Å². The number of hydrogen-bond donors (Lipinski definition) is 1. The number of rotatable bonds is 2. The molecule has 0 saturated carbocycles. The van der Waals surface area contributed by atoms with E-state index >= 15 is 0 Å². The molecule has 2 fully saturated rings. The van der Waals surface area contributed by atoms with E-state index in [9.17, 15) is 19.5 Å². The number of hydrogen-bond acceptors (Lipinski definition) is 3. The van der Waals surface area contributed by atoms with Crippen LogP contribution >= 0.6 is 0 Å². The maximum Gasteiger partial charge on any atom is 0.326 e. The summed E-state index contributed by atoms with van der Waals surface area (Å²) < 4.78 is 1.81. The molecule has 2 aliphatic heterocycles. The van der Waals surface area contributed by atoms with Gasteiger partial charge in [0.15, 0.2) is 0 Å². The molecule has 2 amide bonds. The van der Waals surface area contributed by atoms with Crippen molar-refractivity contribution in [1.29, 1.82) is 0 Å². The third kappa shape index (κ3) is 2.79. The first-order valence-electron chi connectivity index (χ1n) is 8.24. The number of carbonyl (C=O) groups is 3. The number of aliphatic carboxylic acids is 1. The predicted octanol–water partition coefficient (Wildman–Crippen LogP) is 0.953. The first-order valence-corrected chi connectivity index (χ1v) is 8.24. The summed E-state index contributed by atoms with van der Waals surface area (Å²) >= 11 is 0. The zero-order valence-corrected chi connectivity index (χ0v) is 14.1. The smallest absolute Gasteiger partial charge is 0.326 e. The van der Waals surface area contributed by atoms with Gasteiger partial charge in [0.25, 0.3) is 5.91 Å². The number of piperidine rings is 1. The number of aryl methyl sites for hydroxylation is 1. The monoisotopic (exact) mass is 333 g/mol. The number of aromatic nitrogens is 1. The maximum atomic E-state index is 12.6. The van der Waals surface area contributed by atoms with Crippen molar-refractivity contribution in [2.24, 2.45) is 12.5 Å². The van der Waals surface area contributed by atoms with Gasteiger partial charge >= 0.3 is 5.97 Å². The Morgan fingerprint density at radius 1 is 1.25 bits per heavy atom. The summed E-state index contributed by atoms with van der Waals surface area (Å²) in [5, 5.41) is 9.38. The Bertz CT molecular complexity index is 649. The van der Waals surface area contributed by atoms with Crippen molar-refractivity contribution in [3.8, 4) is 0 Å². The molecule has 24 heavy (non-hydrogen) atoms. The fourth-order valence-corrected chi connectivity index (χ4v) is 4.00. The van der Waals surface area contributed by atoms with Gasteiger partial charge in [-0.2, -0.15) is 0 Å². The molecule has 2 saturated heterocycles. The number of carboxylic acid groups (broad SMARTS) is 1. The second-order valence-electron chi connectivity index (χ2n) is 7.00. The van der Waals surface area contributed by atoms with E-state index in [0.29, 0.717) is 31.7 Å². The van der Waals surface area contributed by atoms with Crippen LogP contribution in [0.1, 0.15) is 36.7 Å². The van der Waals surface area contributed by atoms with Crippen LogP contribution < -0.4 is 0 Å². The molecular weight excluding hydrogens is 310 g/mol. The van der Waals surface area contributed by atoms with Gasteiger partial charge in [-0.3, -0.25) is 9.59 Å². The van der Waals surface area contributed by atoms with Gasteiger partial charge in [0, 0.05) is 39.8 Å². The van der Waals surface area contributed by atoms with Crippen molar-refractivity contribution >= 4 is 17.8 Å². The molecule has 3 rings (SSSR count). The van der Waals surface area contributed by atoms with E-state index in [4.69, 9.17) is 0 Å². The molecule has 7 nitrogen and oxygen atoms in total. The van der Waals surface area contributed by atoms with E-state index in [1.165, 1.54) is 11.8 Å². The molecule has 1 spiro atoms. The number of carbonyl (C=O) groups excluding carboxylic acids is 2. The molecule has 0 aromatic carbocycles. The van der Waals surface area contributed by atoms with Crippen molar-refractivity contribution in [1.82, 2.24) is 14.4 Å². The summed E-state index contributed by atoms with van der Waals surface area (Å²) in [5.41, 5.74) is 0.478. The highest BCUT2D eigenvalue weighted by Crippen LogP contribution is 2.43. The summed E-state index contributed by atoms with van der Waals surface area (Å²) in [6, 6.07) is 2.91. The molecule has 130 valence electrons. The summed E-state index contributed by atoms with van der Waals surface area (Å²) in [6.45, 7) is 3.10. The van der Waals surface area contributed by atoms with E-state index in [-0.39, 0.29) is 17.2 Å². The van der Waals surface area contributed by atoms with Crippen LogP contribution in [0.2, 0.25) is 0 Å². The first kappa shape index (κ1) is 16.5. The highest BCUT2D eigenvalue weighted by atomic mass is 16.4. The Labute approximate surface area is 140 Å². The van der Waals surface area contributed by atoms with Gasteiger partial charge in [-0.25, -0.2) is 4.79 Å². The molecule has 2 aliphatic rings. The van der Waals surface area contributed by atoms with Gasteiger partial charge in [0.1, 0.15) is 11.7 Å². The molecule has 3 heterocycles. The molecule has 0 bridgehead atoms. The van der Waals surface area contributed by atoms with Gasteiger partial charge in [0.05, 0.1) is 0 Å². The van der Waals surface area contributed by atoms with Crippen LogP contribution in [0.4, 0.5) is 0 Å². The summed E-state index contributed by atoms with van der Waals surface area (Å²) in [6.07, 6.45) is 3.79. The third-order valence-electron chi connectivity index (χ3n) is 5.47. The van der Waals surface area contributed by atoms with Crippen LogP contribution in [0.3, 0.4) is 0 Å². The largest absolute Gasteiger partial charge is 0.480 e. The molecule has 1 atom stereocenters. The topological polar surface area (TPSA) is 82.9 Å². The first-order chi connectivity index (χ1) is 11.3. The second kappa shape index (κ2) is 5.96. The summed E-state index contributed by atoms with van der Waals surface area (Å²) in [5.74, 6) is -1.13. The van der Waals surface area contributed by atoms with E-state index in [1.54, 1.807) is 10.6 Å². The van der Waals surface area contributed by atoms with E-state index < -0.39 is 12.0 Å². The van der Waals surface area contributed by atoms with Crippen molar-refractivity contribution < 1.29 is 19.5 Å². The molecule has 7 heteroatoms. The lowest BCUT2D eigenvalue weighted by Crippen LogP contribution is -2.45. The normalized spacial score (nSPS) is 22.8. The number of amides is 2. The lowest BCUT2D eigenvalue weighted by Gasteiger charge is -2.39. The Balaban J connectivity index is 1.69. The number of nitrogens with zero attached hydrogens (tertiary/aromatic N) is 3. The number of carboxylic acids is 1. The standard InChI is InChI=1S/C17H23N3O4/c1-12(21)20-11-17(10-14(20)16(23)24)5-8-19(9-6-17)15(22)13-4-3-7-18(13)2/h3-4,7,14H,5-6,8-11H2,1-2H3,(H,23,24)/t14-/m0/s1. The lowest BCUT2D eigenvalue weighted by atomic mass is 9.76. The molecule has 0 unspecified atom stereocenters. The van der Waals surface area contributed by atoms with Crippen LogP contribution in [-0.4, -0.2) is 62.9 Å².